The van der Waals surface area contributed by atoms with Crippen molar-refractivity contribution in [1.29, 1.82) is 0 Å². The van der Waals surface area contributed by atoms with Gasteiger partial charge in [0.15, 0.2) is 12.6 Å². The lowest BCUT2D eigenvalue weighted by Crippen LogP contribution is -2.61. The highest BCUT2D eigenvalue weighted by Crippen LogP contribution is 2.31. The summed E-state index contributed by atoms with van der Waals surface area (Å²) >= 11 is 0. The predicted octanol–water partition coefficient (Wildman–Crippen LogP) is 1.28. The molecule has 11 nitrogen and oxygen atoms in total. The van der Waals surface area contributed by atoms with Crippen LogP contribution in [0, 0.1) is 0 Å². The highest BCUT2D eigenvalue weighted by atomic mass is 16.7. The van der Waals surface area contributed by atoms with Crippen LogP contribution >= 0.6 is 0 Å². The second-order valence-electron chi connectivity index (χ2n) is 10.9. The first-order valence-corrected chi connectivity index (χ1v) is 14.7. The number of hydrogen-bond donors (Lipinski definition) is 5. The third-order valence-corrected chi connectivity index (χ3v) is 7.71. The molecule has 2 fully saturated rings. The minimum atomic E-state index is -1.49. The molecule has 0 bridgehead atoms. The summed E-state index contributed by atoms with van der Waals surface area (Å²) < 4.78 is 36.4. The molecule has 0 aromatic heterocycles. The average Bonchev–Trinajstić information content (AvgIpc) is 3.35. The number of aliphatic hydroxyl groups is 5. The smallest absolute Gasteiger partial charge is 0.186 e. The van der Waals surface area contributed by atoms with Gasteiger partial charge in [0, 0.05) is 0 Å². The number of rotatable bonds is 14. The van der Waals surface area contributed by atoms with Crippen LogP contribution in [0.1, 0.15) is 16.7 Å². The van der Waals surface area contributed by atoms with Crippen molar-refractivity contribution >= 4 is 0 Å². The quantitative estimate of drug-likeness (QED) is 0.179. The molecule has 5 rings (SSSR count). The van der Waals surface area contributed by atoms with E-state index in [1.54, 1.807) is 0 Å². The third-order valence-electron chi connectivity index (χ3n) is 7.71. The van der Waals surface area contributed by atoms with Crippen molar-refractivity contribution in [2.24, 2.45) is 0 Å². The molecule has 11 heteroatoms. The van der Waals surface area contributed by atoms with E-state index in [1.165, 1.54) is 0 Å². The zero-order valence-electron chi connectivity index (χ0n) is 24.2. The first-order valence-electron chi connectivity index (χ1n) is 14.7. The Bertz CT molecular complexity index is 1230. The lowest BCUT2D eigenvalue weighted by atomic mass is 9.98. The summed E-state index contributed by atoms with van der Waals surface area (Å²) in [5, 5.41) is 51.3. The molecule has 0 spiro atoms. The van der Waals surface area contributed by atoms with Gasteiger partial charge in [-0.3, -0.25) is 0 Å². The second-order valence-corrected chi connectivity index (χ2v) is 10.9. The van der Waals surface area contributed by atoms with E-state index < -0.39 is 68.0 Å². The fourth-order valence-corrected chi connectivity index (χ4v) is 5.32. The molecule has 2 heterocycles. The Balaban J connectivity index is 1.36. The van der Waals surface area contributed by atoms with Gasteiger partial charge in [-0.25, -0.2) is 0 Å². The maximum absolute atomic E-state index is 11.2. The Morgan fingerprint density at radius 2 is 1.07 bits per heavy atom. The Morgan fingerprint density at radius 1 is 0.591 bits per heavy atom. The van der Waals surface area contributed by atoms with Crippen LogP contribution in [-0.4, -0.2) is 100 Å². The molecule has 0 unspecified atom stereocenters. The van der Waals surface area contributed by atoms with Gasteiger partial charge in [0.2, 0.25) is 0 Å². The van der Waals surface area contributed by atoms with Gasteiger partial charge in [-0.05, 0) is 16.7 Å². The first-order chi connectivity index (χ1) is 21.4. The summed E-state index contributed by atoms with van der Waals surface area (Å²) in [5.41, 5.74) is 2.72. The van der Waals surface area contributed by atoms with Gasteiger partial charge in [-0.15, -0.1) is 0 Å². The molecule has 2 aliphatic heterocycles. The Hall–Kier alpha value is -2.78. The molecular formula is C33H40O11. The molecule has 44 heavy (non-hydrogen) atoms. The lowest BCUT2D eigenvalue weighted by Gasteiger charge is -2.44. The van der Waals surface area contributed by atoms with Crippen LogP contribution in [0.4, 0.5) is 0 Å². The van der Waals surface area contributed by atoms with Gasteiger partial charge in [0.25, 0.3) is 0 Å². The van der Waals surface area contributed by atoms with Gasteiger partial charge in [-0.1, -0.05) is 91.0 Å². The van der Waals surface area contributed by atoms with Crippen molar-refractivity contribution in [2.75, 3.05) is 13.2 Å². The van der Waals surface area contributed by atoms with Gasteiger partial charge < -0.3 is 54.0 Å². The molecule has 0 radical (unpaired) electrons. The van der Waals surface area contributed by atoms with Crippen LogP contribution in [0.5, 0.6) is 0 Å². The summed E-state index contributed by atoms with van der Waals surface area (Å²) in [6.07, 6.45) is -11.9. The van der Waals surface area contributed by atoms with Crippen LogP contribution in [0.15, 0.2) is 91.0 Å². The van der Waals surface area contributed by atoms with E-state index >= 15 is 0 Å². The summed E-state index contributed by atoms with van der Waals surface area (Å²) in [4.78, 5) is 0. The number of benzene rings is 3. The van der Waals surface area contributed by atoms with Crippen LogP contribution < -0.4 is 0 Å². The van der Waals surface area contributed by atoms with Gasteiger partial charge >= 0.3 is 0 Å². The zero-order valence-corrected chi connectivity index (χ0v) is 24.2. The molecule has 10 atom stereocenters. The topological polar surface area (TPSA) is 157 Å². The van der Waals surface area contributed by atoms with E-state index in [-0.39, 0.29) is 26.4 Å². The summed E-state index contributed by atoms with van der Waals surface area (Å²) in [7, 11) is 0. The second kappa shape index (κ2) is 16.0. The number of ether oxygens (including phenoxy) is 6. The molecule has 3 aromatic carbocycles. The maximum atomic E-state index is 11.2. The summed E-state index contributed by atoms with van der Waals surface area (Å²) in [5.74, 6) is 0. The number of aliphatic hydroxyl groups excluding tert-OH is 5. The highest BCUT2D eigenvalue weighted by molar-refractivity contribution is 5.15. The largest absolute Gasteiger partial charge is 0.394 e. The lowest BCUT2D eigenvalue weighted by molar-refractivity contribution is -0.323. The van der Waals surface area contributed by atoms with E-state index in [2.05, 4.69) is 0 Å². The Labute approximate surface area is 256 Å². The minimum Gasteiger partial charge on any atom is -0.394 e. The van der Waals surface area contributed by atoms with Gasteiger partial charge in [0.05, 0.1) is 33.0 Å². The molecular weight excluding hydrogens is 572 g/mol. The minimum absolute atomic E-state index is 0.193. The highest BCUT2D eigenvalue weighted by Gasteiger charge is 2.50. The van der Waals surface area contributed by atoms with Crippen LogP contribution in [0.25, 0.3) is 0 Å². The van der Waals surface area contributed by atoms with Crippen molar-refractivity contribution in [3.05, 3.63) is 108 Å². The fourth-order valence-electron chi connectivity index (χ4n) is 5.32. The van der Waals surface area contributed by atoms with Crippen molar-refractivity contribution < 1.29 is 54.0 Å². The molecule has 3 aromatic rings. The molecule has 238 valence electrons. The van der Waals surface area contributed by atoms with E-state index in [4.69, 9.17) is 28.4 Å². The molecule has 5 N–H and O–H groups in total. The SMILES string of the molecule is OC[C@H](O)[C@@H]1O[C@@H](OC[C@H]2O[C@H](O)[C@@H](OCc3ccccc3)[C@@H](OCc3ccccc3)[C@@H]2OCc2ccccc2)[C@H](O)[C@H]1O. The molecule has 2 saturated heterocycles. The van der Waals surface area contributed by atoms with Crippen molar-refractivity contribution in [2.45, 2.75) is 81.2 Å². The van der Waals surface area contributed by atoms with Crippen molar-refractivity contribution in [1.82, 2.24) is 0 Å². The maximum Gasteiger partial charge on any atom is 0.186 e. The Morgan fingerprint density at radius 3 is 1.57 bits per heavy atom. The standard InChI is InChI=1S/C33H40O11/c34-16-24(35)28-26(36)27(37)33(44-28)42-20-25-29(39-17-21-10-4-1-5-11-21)30(40-18-22-12-6-2-7-13-22)31(32(38)43-25)41-19-23-14-8-3-9-15-23/h1-15,24-38H,16-20H2/t24-,25+,26+,27+,28-,29+,30-,31-,32-,33+/m0/s1. The molecule has 0 amide bonds. The fraction of sp³-hybridized carbons (Fsp3) is 0.455. The van der Waals surface area contributed by atoms with Gasteiger partial charge in [-0.2, -0.15) is 0 Å². The molecule has 0 saturated carbocycles. The number of hydrogen-bond acceptors (Lipinski definition) is 11. The predicted molar refractivity (Wildman–Crippen MR) is 156 cm³/mol. The third kappa shape index (κ3) is 8.27. The van der Waals surface area contributed by atoms with Crippen LogP contribution in [0.3, 0.4) is 0 Å². The van der Waals surface area contributed by atoms with E-state index in [9.17, 15) is 25.5 Å². The molecule has 0 aliphatic carbocycles. The van der Waals surface area contributed by atoms with Crippen molar-refractivity contribution in [3.63, 3.8) is 0 Å². The molecule has 2 aliphatic rings. The summed E-state index contributed by atoms with van der Waals surface area (Å²) in [6, 6.07) is 28.7. The van der Waals surface area contributed by atoms with E-state index in [0.29, 0.717) is 0 Å². The zero-order chi connectivity index (χ0) is 30.9. The van der Waals surface area contributed by atoms with Crippen molar-refractivity contribution in [3.8, 4) is 0 Å². The van der Waals surface area contributed by atoms with Gasteiger partial charge in [0.1, 0.15) is 48.8 Å². The van der Waals surface area contributed by atoms with Crippen LogP contribution in [0.2, 0.25) is 0 Å². The first kappa shape index (κ1) is 32.6. The van der Waals surface area contributed by atoms with Crippen LogP contribution in [-0.2, 0) is 48.2 Å². The van der Waals surface area contributed by atoms with E-state index in [1.807, 2.05) is 91.0 Å². The normalized spacial score (nSPS) is 31.2. The van der Waals surface area contributed by atoms with E-state index in [0.717, 1.165) is 16.7 Å². The monoisotopic (exact) mass is 612 g/mol. The average molecular weight is 613 g/mol. The Kier molecular flexibility index (Phi) is 11.8. The summed E-state index contributed by atoms with van der Waals surface area (Å²) in [6.45, 7) is -0.301.